The highest BCUT2D eigenvalue weighted by Crippen LogP contribution is 2.36. The Balaban J connectivity index is 1.39. The molecule has 4 heterocycles. The van der Waals surface area contributed by atoms with E-state index in [0.717, 1.165) is 37.0 Å². The summed E-state index contributed by atoms with van der Waals surface area (Å²) in [5.74, 6) is 0.276. The average Bonchev–Trinajstić information content (AvgIpc) is 3.60. The van der Waals surface area contributed by atoms with Gasteiger partial charge in [-0.15, -0.1) is 0 Å². The molecule has 1 aliphatic rings. The predicted molar refractivity (Wildman–Crippen MR) is 133 cm³/mol. The minimum Gasteiger partial charge on any atom is -0.377 e. The fourth-order valence-corrected chi connectivity index (χ4v) is 4.89. The molecule has 0 aliphatic carbocycles. The van der Waals surface area contributed by atoms with E-state index in [4.69, 9.17) is 16.7 Å². The molecule has 0 amide bonds. The molecule has 0 spiro atoms. The summed E-state index contributed by atoms with van der Waals surface area (Å²) in [5, 5.41) is 12.9. The van der Waals surface area contributed by atoms with Crippen LogP contribution >= 0.6 is 11.6 Å². The number of alkyl halides is 4. The molecule has 5 rings (SSSR count). The Kier molecular flexibility index (Phi) is 6.74. The maximum Gasteiger partial charge on any atom is 0.434 e. The number of nitrogens with one attached hydrogen (secondary N) is 1. The number of aryl methyl sites for hydroxylation is 2. The standard InChI is InChI=1S/C25H26ClF4N7/c1-3-35-14-22(25(28,29)30)33-24(35)16-6-8-17(9-7-16)32-19-5-4-10-36-21(19)11-20(34-36)23-18(26)13-31-37(23)15(2)12-27/h6-9,11,13-15,19,32H,3-5,10,12H2,1-2H3/t15-,19?/m0/s1. The van der Waals surface area contributed by atoms with E-state index in [1.54, 1.807) is 30.7 Å². The Hall–Kier alpha value is -3.34. The number of hydrogen-bond acceptors (Lipinski definition) is 4. The van der Waals surface area contributed by atoms with Gasteiger partial charge >= 0.3 is 6.18 Å². The van der Waals surface area contributed by atoms with E-state index in [1.807, 2.05) is 22.9 Å². The number of aromatic nitrogens is 6. The van der Waals surface area contributed by atoms with Crippen molar-refractivity contribution in [2.75, 3.05) is 12.0 Å². The fraction of sp³-hybridized carbons (Fsp3) is 0.400. The van der Waals surface area contributed by atoms with Gasteiger partial charge in [-0.1, -0.05) is 11.6 Å². The maximum atomic E-state index is 13.3. The second-order valence-electron chi connectivity index (χ2n) is 9.12. The smallest absolute Gasteiger partial charge is 0.377 e. The van der Waals surface area contributed by atoms with E-state index in [-0.39, 0.29) is 11.9 Å². The lowest BCUT2D eigenvalue weighted by Crippen LogP contribution is -2.21. The number of imidazole rings is 1. The SMILES string of the molecule is CCn1cc(C(F)(F)F)nc1-c1ccc(NC2CCCn3nc(-c4c(Cl)cnn4[C@@H](C)CF)cc32)cc1. The van der Waals surface area contributed by atoms with E-state index in [9.17, 15) is 17.6 Å². The van der Waals surface area contributed by atoms with Gasteiger partial charge in [0.1, 0.15) is 23.9 Å². The molecule has 1 N–H and O–H groups in total. The van der Waals surface area contributed by atoms with Gasteiger partial charge in [-0.2, -0.15) is 23.4 Å². The van der Waals surface area contributed by atoms with Crippen LogP contribution in [-0.2, 0) is 19.3 Å². The molecule has 0 bridgehead atoms. The van der Waals surface area contributed by atoms with Crippen molar-refractivity contribution in [3.05, 3.63) is 59.1 Å². The summed E-state index contributed by atoms with van der Waals surface area (Å²) in [6, 6.07) is 8.64. The molecule has 1 aromatic carbocycles. The van der Waals surface area contributed by atoms with Crippen LogP contribution in [0.1, 0.15) is 50.2 Å². The van der Waals surface area contributed by atoms with E-state index < -0.39 is 24.6 Å². The first-order valence-corrected chi connectivity index (χ1v) is 12.5. The van der Waals surface area contributed by atoms with Gasteiger partial charge < -0.3 is 9.88 Å². The molecule has 0 saturated heterocycles. The summed E-state index contributed by atoms with van der Waals surface area (Å²) in [7, 11) is 0. The predicted octanol–water partition coefficient (Wildman–Crippen LogP) is 6.78. The molecule has 196 valence electrons. The minimum atomic E-state index is -4.49. The van der Waals surface area contributed by atoms with Crippen LogP contribution < -0.4 is 5.32 Å². The summed E-state index contributed by atoms with van der Waals surface area (Å²) >= 11 is 6.38. The number of rotatable bonds is 7. The molecule has 1 aliphatic heterocycles. The first kappa shape index (κ1) is 25.3. The number of hydrogen-bond donors (Lipinski definition) is 1. The van der Waals surface area contributed by atoms with Gasteiger partial charge in [0.2, 0.25) is 0 Å². The third-order valence-electron chi connectivity index (χ3n) is 6.56. The minimum absolute atomic E-state index is 0.0379. The molecule has 0 saturated carbocycles. The lowest BCUT2D eigenvalue weighted by atomic mass is 10.0. The van der Waals surface area contributed by atoms with Crippen LogP contribution in [0.4, 0.5) is 23.2 Å². The summed E-state index contributed by atoms with van der Waals surface area (Å²) in [5.41, 5.74) is 2.71. The van der Waals surface area contributed by atoms with E-state index in [0.29, 0.717) is 28.5 Å². The van der Waals surface area contributed by atoms with E-state index >= 15 is 0 Å². The van der Waals surface area contributed by atoms with Crippen molar-refractivity contribution in [3.63, 3.8) is 0 Å². The second-order valence-corrected chi connectivity index (χ2v) is 9.52. The van der Waals surface area contributed by atoms with Gasteiger partial charge in [0.25, 0.3) is 0 Å². The first-order valence-electron chi connectivity index (χ1n) is 12.1. The van der Waals surface area contributed by atoms with Crippen molar-refractivity contribution in [3.8, 4) is 22.8 Å². The second kappa shape index (κ2) is 9.85. The highest BCUT2D eigenvalue weighted by Gasteiger charge is 2.35. The Labute approximate surface area is 216 Å². The lowest BCUT2D eigenvalue weighted by Gasteiger charge is -2.25. The summed E-state index contributed by atoms with van der Waals surface area (Å²) < 4.78 is 57.8. The molecule has 37 heavy (non-hydrogen) atoms. The Morgan fingerprint density at radius 3 is 2.65 bits per heavy atom. The van der Waals surface area contributed by atoms with Gasteiger partial charge in [0.15, 0.2) is 5.69 Å². The van der Waals surface area contributed by atoms with Crippen molar-refractivity contribution >= 4 is 17.3 Å². The highest BCUT2D eigenvalue weighted by atomic mass is 35.5. The van der Waals surface area contributed by atoms with Gasteiger partial charge in [-0.05, 0) is 57.0 Å². The van der Waals surface area contributed by atoms with Crippen LogP contribution in [0.25, 0.3) is 22.8 Å². The van der Waals surface area contributed by atoms with E-state index in [2.05, 4.69) is 15.4 Å². The Morgan fingerprint density at radius 1 is 1.22 bits per heavy atom. The fourth-order valence-electron chi connectivity index (χ4n) is 4.67. The van der Waals surface area contributed by atoms with Gasteiger partial charge in [0, 0.05) is 30.5 Å². The van der Waals surface area contributed by atoms with E-state index in [1.165, 1.54) is 10.8 Å². The molecule has 4 aromatic rings. The summed E-state index contributed by atoms with van der Waals surface area (Å²) in [6.45, 7) is 4.06. The van der Waals surface area contributed by atoms with Crippen LogP contribution in [0, 0.1) is 0 Å². The van der Waals surface area contributed by atoms with Crippen LogP contribution in [-0.4, -0.2) is 35.8 Å². The Morgan fingerprint density at radius 2 is 1.97 bits per heavy atom. The average molecular weight is 536 g/mol. The number of halogens is 5. The number of benzene rings is 1. The molecule has 0 radical (unpaired) electrons. The largest absolute Gasteiger partial charge is 0.434 e. The molecule has 12 heteroatoms. The third-order valence-corrected chi connectivity index (χ3v) is 6.83. The maximum absolute atomic E-state index is 13.3. The molecule has 3 aromatic heterocycles. The number of anilines is 1. The normalized spacial score (nSPS) is 16.6. The molecular formula is C25H26ClF4N7. The molecule has 2 atom stereocenters. The van der Waals surface area contributed by atoms with Crippen molar-refractivity contribution in [2.45, 2.75) is 58.0 Å². The topological polar surface area (TPSA) is 65.5 Å². The summed E-state index contributed by atoms with van der Waals surface area (Å²) in [6.07, 6.45) is -0.178. The lowest BCUT2D eigenvalue weighted by molar-refractivity contribution is -0.140. The molecule has 1 unspecified atom stereocenters. The molecule has 0 fully saturated rings. The van der Waals surface area contributed by atoms with Crippen molar-refractivity contribution in [2.24, 2.45) is 0 Å². The van der Waals surface area contributed by atoms with Gasteiger partial charge in [-0.3, -0.25) is 9.36 Å². The van der Waals surface area contributed by atoms with Crippen molar-refractivity contribution in [1.29, 1.82) is 0 Å². The van der Waals surface area contributed by atoms with Crippen molar-refractivity contribution in [1.82, 2.24) is 29.1 Å². The number of fused-ring (bicyclic) bond motifs is 1. The van der Waals surface area contributed by atoms with Crippen LogP contribution in [0.5, 0.6) is 0 Å². The highest BCUT2D eigenvalue weighted by molar-refractivity contribution is 6.32. The quantitative estimate of drug-likeness (QED) is 0.265. The van der Waals surface area contributed by atoms with Crippen LogP contribution in [0.2, 0.25) is 5.02 Å². The molecular weight excluding hydrogens is 510 g/mol. The number of nitrogens with zero attached hydrogens (tertiary/aromatic N) is 6. The molecule has 7 nitrogen and oxygen atoms in total. The summed E-state index contributed by atoms with van der Waals surface area (Å²) in [4.78, 5) is 3.82. The zero-order chi connectivity index (χ0) is 26.3. The van der Waals surface area contributed by atoms with Gasteiger partial charge in [0.05, 0.1) is 29.0 Å². The zero-order valence-corrected chi connectivity index (χ0v) is 21.1. The van der Waals surface area contributed by atoms with Crippen molar-refractivity contribution < 1.29 is 17.6 Å². The monoisotopic (exact) mass is 535 g/mol. The first-order chi connectivity index (χ1) is 17.7. The van der Waals surface area contributed by atoms with Gasteiger partial charge in [-0.25, -0.2) is 9.37 Å². The van der Waals surface area contributed by atoms with Crippen LogP contribution in [0.15, 0.2) is 42.7 Å². The third kappa shape index (κ3) is 4.84. The van der Waals surface area contributed by atoms with Crippen LogP contribution in [0.3, 0.4) is 0 Å². The zero-order valence-electron chi connectivity index (χ0n) is 20.3. The Bertz CT molecular complexity index is 1390.